The van der Waals surface area contributed by atoms with Crippen molar-refractivity contribution in [3.63, 3.8) is 0 Å². The second-order valence-corrected chi connectivity index (χ2v) is 6.39. The van der Waals surface area contributed by atoms with Crippen LogP contribution in [0.1, 0.15) is 55.3 Å². The van der Waals surface area contributed by atoms with Gasteiger partial charge in [-0.1, -0.05) is 11.8 Å². The van der Waals surface area contributed by atoms with Gasteiger partial charge in [0.25, 0.3) is 0 Å². The lowest BCUT2D eigenvalue weighted by Crippen LogP contribution is -2.06. The number of rotatable bonds is 6. The van der Waals surface area contributed by atoms with Crippen molar-refractivity contribution in [2.75, 3.05) is 0 Å². The summed E-state index contributed by atoms with van der Waals surface area (Å²) in [6.07, 6.45) is 0. The van der Waals surface area contributed by atoms with Gasteiger partial charge in [-0.3, -0.25) is 9.59 Å². The van der Waals surface area contributed by atoms with E-state index in [2.05, 4.69) is 0 Å². The summed E-state index contributed by atoms with van der Waals surface area (Å²) in [5.74, 6) is -3.12. The Bertz CT molecular complexity index is 827. The largest absolute Gasteiger partial charge is 0.478 e. The van der Waals surface area contributed by atoms with Crippen molar-refractivity contribution >= 4 is 35.3 Å². The van der Waals surface area contributed by atoms with Gasteiger partial charge in [-0.05, 0) is 50.2 Å². The topological polar surface area (TPSA) is 109 Å². The van der Waals surface area contributed by atoms with Gasteiger partial charge in [-0.15, -0.1) is 0 Å². The molecule has 0 bridgehead atoms. The van der Waals surface area contributed by atoms with Crippen LogP contribution in [-0.4, -0.2) is 33.7 Å². The zero-order valence-corrected chi connectivity index (χ0v) is 14.2. The van der Waals surface area contributed by atoms with E-state index in [1.54, 1.807) is 12.1 Å². The van der Waals surface area contributed by atoms with Crippen molar-refractivity contribution in [3.8, 4) is 0 Å². The summed E-state index contributed by atoms with van der Waals surface area (Å²) in [5.41, 5.74) is 0.0166. The predicted octanol–water partition coefficient (Wildman–Crippen LogP) is 3.64. The Morgan fingerprint density at radius 1 is 0.680 bits per heavy atom. The van der Waals surface area contributed by atoms with E-state index >= 15 is 0 Å². The number of carbonyl (C=O) groups is 4. The van der Waals surface area contributed by atoms with E-state index < -0.39 is 11.9 Å². The molecule has 0 fully saturated rings. The van der Waals surface area contributed by atoms with E-state index in [0.717, 1.165) is 0 Å². The highest BCUT2D eigenvalue weighted by molar-refractivity contribution is 7.99. The normalized spacial score (nSPS) is 10.3. The van der Waals surface area contributed by atoms with E-state index in [1.165, 1.54) is 49.9 Å². The summed E-state index contributed by atoms with van der Waals surface area (Å²) in [6, 6.07) is 8.74. The van der Waals surface area contributed by atoms with Crippen LogP contribution >= 0.6 is 11.8 Å². The van der Waals surface area contributed by atoms with Gasteiger partial charge in [0.1, 0.15) is 0 Å². The molecule has 25 heavy (non-hydrogen) atoms. The predicted molar refractivity (Wildman–Crippen MR) is 90.9 cm³/mol. The van der Waals surface area contributed by atoms with E-state index in [-0.39, 0.29) is 33.8 Å². The third-order valence-electron chi connectivity index (χ3n) is 3.44. The number of hydrogen-bond donors (Lipinski definition) is 2. The molecule has 2 aromatic carbocycles. The molecular formula is C18H14O6S. The van der Waals surface area contributed by atoms with Crippen molar-refractivity contribution in [2.45, 2.75) is 23.6 Å². The average molecular weight is 358 g/mol. The molecule has 0 spiro atoms. The van der Waals surface area contributed by atoms with Gasteiger partial charge >= 0.3 is 11.9 Å². The number of carbonyl (C=O) groups excluding carboxylic acids is 2. The number of benzene rings is 2. The molecule has 0 saturated carbocycles. The molecule has 7 heteroatoms. The highest BCUT2D eigenvalue weighted by atomic mass is 32.2. The molecule has 0 radical (unpaired) electrons. The van der Waals surface area contributed by atoms with Gasteiger partial charge in [0.2, 0.25) is 0 Å². The molecule has 0 saturated heterocycles. The van der Waals surface area contributed by atoms with Gasteiger partial charge in [0.05, 0.1) is 11.1 Å². The summed E-state index contributed by atoms with van der Waals surface area (Å²) < 4.78 is 0. The lowest BCUT2D eigenvalue weighted by atomic mass is 10.0. The lowest BCUT2D eigenvalue weighted by Gasteiger charge is -2.09. The fourth-order valence-corrected chi connectivity index (χ4v) is 3.16. The molecule has 2 N–H and O–H groups in total. The molecule has 0 aliphatic heterocycles. The molecule has 0 aliphatic rings. The quantitative estimate of drug-likeness (QED) is 0.759. The first-order valence-electron chi connectivity index (χ1n) is 7.15. The third-order valence-corrected chi connectivity index (χ3v) is 4.42. The number of hydrogen-bond acceptors (Lipinski definition) is 5. The van der Waals surface area contributed by atoms with Crippen LogP contribution in [0, 0.1) is 0 Å². The summed E-state index contributed by atoms with van der Waals surface area (Å²) in [7, 11) is 0. The molecule has 0 atom stereocenters. The minimum atomic E-state index is -1.19. The SMILES string of the molecule is CC(=O)c1cc(Sc2ccc(C(=O)O)c(C(C)=O)c2)ccc1C(=O)O. The van der Waals surface area contributed by atoms with Gasteiger partial charge in [-0.2, -0.15) is 0 Å². The van der Waals surface area contributed by atoms with Crippen LogP contribution in [0.4, 0.5) is 0 Å². The summed E-state index contributed by atoms with van der Waals surface area (Å²) in [4.78, 5) is 46.8. The van der Waals surface area contributed by atoms with Crippen molar-refractivity contribution in [1.82, 2.24) is 0 Å². The minimum Gasteiger partial charge on any atom is -0.478 e. The lowest BCUT2D eigenvalue weighted by molar-refractivity contribution is 0.0683. The molecule has 2 rings (SSSR count). The fourth-order valence-electron chi connectivity index (χ4n) is 2.27. The maximum absolute atomic E-state index is 11.7. The summed E-state index contributed by atoms with van der Waals surface area (Å²) in [6.45, 7) is 2.57. The van der Waals surface area contributed by atoms with Gasteiger partial charge in [0.15, 0.2) is 11.6 Å². The third kappa shape index (κ3) is 4.13. The fraction of sp³-hybridized carbons (Fsp3) is 0.111. The van der Waals surface area contributed by atoms with Crippen molar-refractivity contribution in [2.24, 2.45) is 0 Å². The maximum Gasteiger partial charge on any atom is 0.336 e. The highest BCUT2D eigenvalue weighted by Crippen LogP contribution is 2.31. The first-order chi connectivity index (χ1) is 11.7. The molecule has 0 aromatic heterocycles. The van der Waals surface area contributed by atoms with E-state index in [1.807, 2.05) is 0 Å². The van der Waals surface area contributed by atoms with Crippen LogP contribution < -0.4 is 0 Å². The van der Waals surface area contributed by atoms with Crippen molar-refractivity contribution in [3.05, 3.63) is 58.7 Å². The molecule has 2 aromatic rings. The van der Waals surface area contributed by atoms with Crippen LogP contribution in [0.5, 0.6) is 0 Å². The van der Waals surface area contributed by atoms with Crippen LogP contribution in [0.3, 0.4) is 0 Å². The summed E-state index contributed by atoms with van der Waals surface area (Å²) in [5, 5.41) is 18.2. The van der Waals surface area contributed by atoms with Crippen LogP contribution in [-0.2, 0) is 0 Å². The zero-order chi connectivity index (χ0) is 18.7. The number of carboxylic acid groups (broad SMARTS) is 2. The summed E-state index contributed by atoms with van der Waals surface area (Å²) >= 11 is 1.20. The number of carboxylic acids is 2. The van der Waals surface area contributed by atoms with Crippen LogP contribution in [0.25, 0.3) is 0 Å². The smallest absolute Gasteiger partial charge is 0.336 e. The Morgan fingerprint density at radius 3 is 1.32 bits per heavy atom. The van der Waals surface area contributed by atoms with Crippen molar-refractivity contribution < 1.29 is 29.4 Å². The number of aromatic carboxylic acids is 2. The Labute approximate surface area is 147 Å². The molecule has 128 valence electrons. The number of ketones is 2. The Balaban J connectivity index is 2.43. The van der Waals surface area contributed by atoms with E-state index in [0.29, 0.717) is 9.79 Å². The molecule has 0 amide bonds. The first-order valence-corrected chi connectivity index (χ1v) is 7.96. The molecular weight excluding hydrogens is 344 g/mol. The first kappa shape index (κ1) is 18.4. The van der Waals surface area contributed by atoms with Crippen LogP contribution in [0.2, 0.25) is 0 Å². The highest BCUT2D eigenvalue weighted by Gasteiger charge is 2.17. The van der Waals surface area contributed by atoms with E-state index in [9.17, 15) is 19.2 Å². The Hall–Kier alpha value is -2.93. The van der Waals surface area contributed by atoms with Gasteiger partial charge in [-0.25, -0.2) is 9.59 Å². The molecule has 0 aliphatic carbocycles. The second-order valence-electron chi connectivity index (χ2n) is 5.24. The molecule has 0 heterocycles. The Kier molecular flexibility index (Phi) is 5.38. The Morgan fingerprint density at radius 2 is 1.04 bits per heavy atom. The van der Waals surface area contributed by atoms with E-state index in [4.69, 9.17) is 10.2 Å². The maximum atomic E-state index is 11.7. The average Bonchev–Trinajstić information content (AvgIpc) is 2.54. The monoisotopic (exact) mass is 358 g/mol. The van der Waals surface area contributed by atoms with Crippen LogP contribution in [0.15, 0.2) is 46.2 Å². The molecule has 6 nitrogen and oxygen atoms in total. The molecule has 0 unspecified atom stereocenters. The van der Waals surface area contributed by atoms with Gasteiger partial charge in [0, 0.05) is 20.9 Å². The van der Waals surface area contributed by atoms with Crippen molar-refractivity contribution in [1.29, 1.82) is 0 Å². The standard InChI is InChI=1S/C18H14O6S/c1-9(19)15-7-11(3-5-13(15)17(21)22)25-12-4-6-14(18(23)24)16(8-12)10(2)20/h3-8H,1-2H3,(H,21,22)(H,23,24). The zero-order valence-electron chi connectivity index (χ0n) is 13.4. The number of Topliss-reactive ketones (excluding diaryl/α,β-unsaturated/α-hetero) is 2. The minimum absolute atomic E-state index is 0.0810. The second kappa shape index (κ2) is 7.31. The van der Waals surface area contributed by atoms with Gasteiger partial charge < -0.3 is 10.2 Å².